The summed E-state index contributed by atoms with van der Waals surface area (Å²) < 4.78 is 16.9. The molecule has 0 spiro atoms. The maximum atomic E-state index is 13.8. The zero-order chi connectivity index (χ0) is 26.4. The minimum atomic E-state index is -0.806. The Morgan fingerprint density at radius 2 is 1.89 bits per heavy atom. The molecule has 2 heterocycles. The third kappa shape index (κ3) is 5.64. The molecule has 1 unspecified atom stereocenters. The molecule has 0 aromatic heterocycles. The van der Waals surface area contributed by atoms with Crippen molar-refractivity contribution in [1.82, 2.24) is 4.90 Å². The predicted octanol–water partition coefficient (Wildman–Crippen LogP) is 1.56. The average molecular weight is 507 g/mol. The highest BCUT2D eigenvalue weighted by molar-refractivity contribution is 6.46. The number of hydrogen-bond acceptors (Lipinski definition) is 6. The fourth-order valence-electron chi connectivity index (χ4n) is 4.82. The van der Waals surface area contributed by atoms with Crippen molar-refractivity contribution in [2.24, 2.45) is 0 Å². The van der Waals surface area contributed by atoms with Crippen LogP contribution in [-0.4, -0.2) is 62.6 Å². The number of ether oxygens (including phenoxy) is 3. The molecule has 2 aliphatic heterocycles. The third-order valence-electron chi connectivity index (χ3n) is 6.80. The van der Waals surface area contributed by atoms with Gasteiger partial charge in [-0.15, -0.1) is 0 Å². The molecule has 0 bridgehead atoms. The van der Waals surface area contributed by atoms with Crippen molar-refractivity contribution < 1.29 is 33.8 Å². The van der Waals surface area contributed by atoms with E-state index in [1.807, 2.05) is 6.07 Å². The van der Waals surface area contributed by atoms with Crippen LogP contribution in [0, 0.1) is 0 Å². The molecule has 37 heavy (non-hydrogen) atoms. The highest BCUT2D eigenvalue weighted by Gasteiger charge is 2.44. The largest absolute Gasteiger partial charge is 0.872 e. The van der Waals surface area contributed by atoms with Gasteiger partial charge < -0.3 is 29.1 Å². The molecule has 0 radical (unpaired) electrons. The Hall–Kier alpha value is -3.78. The summed E-state index contributed by atoms with van der Waals surface area (Å²) in [6.07, 6.45) is 2.35. The van der Waals surface area contributed by atoms with Crippen LogP contribution >= 0.6 is 0 Å². The Balaban J connectivity index is 1.75. The van der Waals surface area contributed by atoms with Crippen LogP contribution in [0.1, 0.15) is 37.4 Å². The van der Waals surface area contributed by atoms with Crippen LogP contribution in [0.5, 0.6) is 17.2 Å². The van der Waals surface area contributed by atoms with Gasteiger partial charge in [-0.3, -0.25) is 9.59 Å². The van der Waals surface area contributed by atoms with Gasteiger partial charge in [-0.1, -0.05) is 36.6 Å². The molecular weight excluding hydrogens is 472 g/mol. The lowest BCUT2D eigenvalue weighted by Gasteiger charge is -2.28. The molecule has 196 valence electrons. The number of nitrogens with one attached hydrogen (secondary N) is 1. The van der Waals surface area contributed by atoms with Crippen LogP contribution in [0.2, 0.25) is 0 Å². The minimum Gasteiger partial charge on any atom is -0.872 e. The molecule has 4 rings (SSSR count). The second-order valence-electron chi connectivity index (χ2n) is 9.06. The van der Waals surface area contributed by atoms with E-state index >= 15 is 0 Å². The number of nitrogens with zero attached hydrogens (tertiary/aromatic N) is 1. The van der Waals surface area contributed by atoms with Crippen molar-refractivity contribution in [1.29, 1.82) is 0 Å². The van der Waals surface area contributed by atoms with E-state index in [-0.39, 0.29) is 11.1 Å². The molecule has 0 aliphatic carbocycles. The van der Waals surface area contributed by atoms with Crippen LogP contribution in [-0.2, 0) is 9.59 Å². The maximum Gasteiger partial charge on any atom is 0.295 e. The van der Waals surface area contributed by atoms with Crippen LogP contribution in [0.3, 0.4) is 0 Å². The lowest BCUT2D eigenvalue weighted by Crippen LogP contribution is -3.11. The van der Waals surface area contributed by atoms with Gasteiger partial charge in [0, 0.05) is 18.5 Å². The van der Waals surface area contributed by atoms with Crippen molar-refractivity contribution in [2.75, 3.05) is 46.0 Å². The van der Waals surface area contributed by atoms with E-state index in [9.17, 15) is 14.7 Å². The molecule has 1 fully saturated rings. The van der Waals surface area contributed by atoms with Gasteiger partial charge in [0.15, 0.2) is 11.5 Å². The molecule has 2 aliphatic rings. The molecule has 0 saturated carbocycles. The van der Waals surface area contributed by atoms with E-state index in [0.29, 0.717) is 55.6 Å². The number of carbonyl (C=O) groups excluding carboxylic acids is 2. The number of rotatable bonds is 11. The molecule has 1 saturated heterocycles. The van der Waals surface area contributed by atoms with Gasteiger partial charge in [-0.25, -0.2) is 0 Å². The molecular formula is C29H34N2O6. The first-order valence-electron chi connectivity index (χ1n) is 12.8. The number of Topliss-reactive ketones (excluding diaryl/α,β-unsaturated/α-hetero) is 1. The van der Waals surface area contributed by atoms with Gasteiger partial charge in [0.05, 0.1) is 25.7 Å². The topological polar surface area (TPSA) is 92.6 Å². The van der Waals surface area contributed by atoms with E-state index in [2.05, 4.69) is 20.4 Å². The SMILES string of the molecule is C=CCOc1cccc(C2C(=C([O-])c3ccc4c(c3)OCCO4)C(=O)C(=O)N2CCC[NH+](CC)CC)c1. The van der Waals surface area contributed by atoms with E-state index in [4.69, 9.17) is 14.2 Å². The summed E-state index contributed by atoms with van der Waals surface area (Å²) in [6.45, 7) is 12.2. The predicted molar refractivity (Wildman–Crippen MR) is 137 cm³/mol. The normalized spacial score (nSPS) is 18.4. The molecule has 8 nitrogen and oxygen atoms in total. The summed E-state index contributed by atoms with van der Waals surface area (Å²) in [5.41, 5.74) is 0.869. The Labute approximate surface area is 217 Å². The number of benzene rings is 2. The van der Waals surface area contributed by atoms with Crippen LogP contribution in [0.15, 0.2) is 60.7 Å². The number of likely N-dealkylation sites (tertiary alicyclic amines) is 1. The smallest absolute Gasteiger partial charge is 0.295 e. The summed E-state index contributed by atoms with van der Waals surface area (Å²) in [6, 6.07) is 11.2. The summed E-state index contributed by atoms with van der Waals surface area (Å²) in [7, 11) is 0. The Kier molecular flexibility index (Phi) is 8.50. The summed E-state index contributed by atoms with van der Waals surface area (Å²) in [4.78, 5) is 29.5. The van der Waals surface area contributed by atoms with Crippen LogP contribution < -0.4 is 24.2 Å². The molecule has 1 amide bonds. The number of ketones is 1. The standard InChI is InChI=1S/C29H34N2O6/c1-4-15-35-22-10-7-9-20(18-22)26-25(27(32)21-11-12-23-24(19-21)37-17-16-36-23)28(33)29(34)31(26)14-8-13-30(5-2)6-3/h4,7,9-12,18-19,26,32H,1,5-6,8,13-17H2,2-3H3. The number of amides is 1. The highest BCUT2D eigenvalue weighted by Crippen LogP contribution is 2.41. The van der Waals surface area contributed by atoms with Crippen LogP contribution in [0.4, 0.5) is 0 Å². The zero-order valence-electron chi connectivity index (χ0n) is 21.5. The molecule has 1 atom stereocenters. The molecule has 2 aromatic rings. The Morgan fingerprint density at radius 3 is 2.62 bits per heavy atom. The first kappa shape index (κ1) is 26.3. The highest BCUT2D eigenvalue weighted by atomic mass is 16.6. The van der Waals surface area contributed by atoms with E-state index < -0.39 is 23.5 Å². The Bertz CT molecular complexity index is 1190. The number of quaternary nitrogens is 1. The Morgan fingerprint density at radius 1 is 1.14 bits per heavy atom. The first-order chi connectivity index (χ1) is 18.0. The quantitative estimate of drug-likeness (QED) is 0.215. The molecule has 8 heteroatoms. The molecule has 2 aromatic carbocycles. The second-order valence-corrected chi connectivity index (χ2v) is 9.06. The second kappa shape index (κ2) is 12.0. The fourth-order valence-corrected chi connectivity index (χ4v) is 4.82. The van der Waals surface area contributed by atoms with E-state index in [1.54, 1.807) is 42.5 Å². The van der Waals surface area contributed by atoms with Gasteiger partial charge in [0.2, 0.25) is 5.78 Å². The third-order valence-corrected chi connectivity index (χ3v) is 6.80. The zero-order valence-corrected chi connectivity index (χ0v) is 21.5. The first-order valence-corrected chi connectivity index (χ1v) is 12.8. The van der Waals surface area contributed by atoms with Crippen molar-refractivity contribution in [3.63, 3.8) is 0 Å². The monoisotopic (exact) mass is 506 g/mol. The van der Waals surface area contributed by atoms with E-state index in [0.717, 1.165) is 19.6 Å². The van der Waals surface area contributed by atoms with Gasteiger partial charge in [0.25, 0.3) is 5.91 Å². The summed E-state index contributed by atoms with van der Waals surface area (Å²) in [5.74, 6) is -0.344. The summed E-state index contributed by atoms with van der Waals surface area (Å²) in [5, 5.41) is 13.8. The molecule has 1 N–H and O–H groups in total. The lowest BCUT2D eigenvalue weighted by atomic mass is 9.95. The van der Waals surface area contributed by atoms with Gasteiger partial charge in [-0.2, -0.15) is 0 Å². The number of hydrogen-bond donors (Lipinski definition) is 1. The van der Waals surface area contributed by atoms with Gasteiger partial charge >= 0.3 is 0 Å². The van der Waals surface area contributed by atoms with Crippen molar-refractivity contribution in [3.05, 3.63) is 71.8 Å². The number of fused-ring (bicyclic) bond motifs is 1. The maximum absolute atomic E-state index is 13.8. The summed E-state index contributed by atoms with van der Waals surface area (Å²) >= 11 is 0. The minimum absolute atomic E-state index is 0.0577. The fraction of sp³-hybridized carbons (Fsp3) is 0.379. The van der Waals surface area contributed by atoms with Gasteiger partial charge in [-0.05, 0) is 49.2 Å². The van der Waals surface area contributed by atoms with E-state index in [1.165, 1.54) is 9.80 Å². The van der Waals surface area contributed by atoms with Crippen LogP contribution in [0.25, 0.3) is 5.76 Å². The van der Waals surface area contributed by atoms with Crippen molar-refractivity contribution in [3.8, 4) is 17.2 Å². The average Bonchev–Trinajstić information content (AvgIpc) is 3.18. The van der Waals surface area contributed by atoms with Gasteiger partial charge in [0.1, 0.15) is 25.6 Å². The van der Waals surface area contributed by atoms with Crippen molar-refractivity contribution >= 4 is 17.4 Å². The lowest BCUT2D eigenvalue weighted by molar-refractivity contribution is -0.896. The van der Waals surface area contributed by atoms with Crippen molar-refractivity contribution in [2.45, 2.75) is 26.3 Å². The number of carbonyl (C=O) groups is 2.